The van der Waals surface area contributed by atoms with Crippen LogP contribution in [0.25, 0.3) is 0 Å². The summed E-state index contributed by atoms with van der Waals surface area (Å²) in [5.41, 5.74) is 2.32. The number of phenols is 1. The summed E-state index contributed by atoms with van der Waals surface area (Å²) in [6.45, 7) is 1.98. The van der Waals surface area contributed by atoms with Crippen molar-refractivity contribution in [1.29, 1.82) is 0 Å². The third kappa shape index (κ3) is 2.55. The van der Waals surface area contributed by atoms with Crippen molar-refractivity contribution in [3.8, 4) is 5.75 Å². The Balaban J connectivity index is 3.35. The van der Waals surface area contributed by atoms with Gasteiger partial charge >= 0.3 is 0 Å². The maximum Gasteiger partial charge on any atom is 0.211 e. The first-order valence-corrected chi connectivity index (χ1v) is 6.35. The maximum atomic E-state index is 10.3. The molecule has 1 aromatic rings. The van der Waals surface area contributed by atoms with E-state index in [-0.39, 0.29) is 5.75 Å². The predicted molar refractivity (Wildman–Crippen MR) is 69.9 cm³/mol. The molecule has 1 aromatic carbocycles. The van der Waals surface area contributed by atoms with Gasteiger partial charge in [-0.3, -0.25) is 4.79 Å². The van der Waals surface area contributed by atoms with Crippen molar-refractivity contribution in [3.05, 3.63) is 22.2 Å². The molecule has 0 aliphatic heterocycles. The van der Waals surface area contributed by atoms with Crippen molar-refractivity contribution in [1.82, 2.24) is 0 Å². The Morgan fingerprint density at radius 2 is 2.33 bits per heavy atom. The first-order valence-electron chi connectivity index (χ1n) is 4.45. The molecule has 1 rings (SSSR count). The Morgan fingerprint density at radius 1 is 1.67 bits per heavy atom. The largest absolute Gasteiger partial charge is 0.504 e. The molecule has 82 valence electrons. The van der Waals surface area contributed by atoms with E-state index < -0.39 is 0 Å². The summed E-state index contributed by atoms with van der Waals surface area (Å²) in [5.74, 6) is -0.0609. The minimum atomic E-state index is -0.0609. The van der Waals surface area contributed by atoms with E-state index in [9.17, 15) is 9.90 Å². The molecule has 1 amide bonds. The van der Waals surface area contributed by atoms with Crippen LogP contribution < -0.4 is 5.32 Å². The minimum Gasteiger partial charge on any atom is -0.504 e. The standard InChI is InChI=1S/C10H11ClINO2/c1-2-7-6(4-12)3-8(13-5-14)10(15)9(7)11/h3,5,15H,2,4H2,1H3,(H,13,14). The van der Waals surface area contributed by atoms with E-state index >= 15 is 0 Å². The topological polar surface area (TPSA) is 49.3 Å². The number of hydrogen-bond acceptors (Lipinski definition) is 2. The van der Waals surface area contributed by atoms with Gasteiger partial charge in [0.15, 0.2) is 5.75 Å². The van der Waals surface area contributed by atoms with Crippen LogP contribution in [0.3, 0.4) is 0 Å². The summed E-state index contributed by atoms with van der Waals surface area (Å²) in [4.78, 5) is 10.3. The van der Waals surface area contributed by atoms with Crippen molar-refractivity contribution in [2.75, 3.05) is 5.32 Å². The van der Waals surface area contributed by atoms with E-state index in [0.29, 0.717) is 17.1 Å². The van der Waals surface area contributed by atoms with Gasteiger partial charge in [-0.1, -0.05) is 41.1 Å². The van der Waals surface area contributed by atoms with Gasteiger partial charge in [0.05, 0.1) is 10.7 Å². The van der Waals surface area contributed by atoms with Gasteiger partial charge in [0, 0.05) is 4.43 Å². The lowest BCUT2D eigenvalue weighted by Gasteiger charge is -2.12. The summed E-state index contributed by atoms with van der Waals surface area (Å²) in [7, 11) is 0. The average Bonchev–Trinajstić information content (AvgIpc) is 2.24. The van der Waals surface area contributed by atoms with Gasteiger partial charge in [0.1, 0.15) is 0 Å². The Morgan fingerprint density at radius 3 is 2.80 bits per heavy atom. The van der Waals surface area contributed by atoms with E-state index in [2.05, 4.69) is 27.9 Å². The molecule has 0 saturated heterocycles. The molecule has 0 heterocycles. The normalized spacial score (nSPS) is 10.1. The Kier molecular flexibility index (Phi) is 4.66. The van der Waals surface area contributed by atoms with E-state index in [4.69, 9.17) is 11.6 Å². The number of nitrogens with one attached hydrogen (secondary N) is 1. The number of carbonyl (C=O) groups is 1. The molecule has 0 aliphatic rings. The number of hydrogen-bond donors (Lipinski definition) is 2. The Hall–Kier alpha value is -0.490. The molecule has 15 heavy (non-hydrogen) atoms. The van der Waals surface area contributed by atoms with Gasteiger partial charge in [0.25, 0.3) is 0 Å². The Labute approximate surface area is 107 Å². The average molecular weight is 340 g/mol. The quantitative estimate of drug-likeness (QED) is 0.383. The number of halogens is 2. The molecule has 0 spiro atoms. The van der Waals surface area contributed by atoms with Crippen molar-refractivity contribution in [2.45, 2.75) is 17.8 Å². The van der Waals surface area contributed by atoms with Gasteiger partial charge < -0.3 is 10.4 Å². The molecule has 0 aromatic heterocycles. The second-order valence-corrected chi connectivity index (χ2v) is 4.11. The smallest absolute Gasteiger partial charge is 0.211 e. The summed E-state index contributed by atoms with van der Waals surface area (Å²) in [6.07, 6.45) is 1.28. The lowest BCUT2D eigenvalue weighted by atomic mass is 10.0. The lowest BCUT2D eigenvalue weighted by molar-refractivity contribution is -0.105. The highest BCUT2D eigenvalue weighted by atomic mass is 127. The number of carbonyl (C=O) groups excluding carboxylic acids is 1. The number of anilines is 1. The van der Waals surface area contributed by atoms with Crippen LogP contribution in [0.2, 0.25) is 5.02 Å². The number of rotatable bonds is 4. The van der Waals surface area contributed by atoms with Crippen LogP contribution in [0, 0.1) is 0 Å². The van der Waals surface area contributed by atoms with Crippen molar-refractivity contribution in [2.24, 2.45) is 0 Å². The van der Waals surface area contributed by atoms with Crippen LogP contribution in [-0.2, 0) is 15.6 Å². The molecule has 0 saturated carbocycles. The molecule has 0 bridgehead atoms. The number of alkyl halides is 1. The third-order valence-electron chi connectivity index (χ3n) is 2.15. The maximum absolute atomic E-state index is 10.3. The molecule has 2 N–H and O–H groups in total. The van der Waals surface area contributed by atoms with Crippen LogP contribution in [0.5, 0.6) is 5.75 Å². The summed E-state index contributed by atoms with van der Waals surface area (Å²) in [6, 6.07) is 1.75. The van der Waals surface area contributed by atoms with Crippen LogP contribution in [0.4, 0.5) is 5.69 Å². The fourth-order valence-electron chi connectivity index (χ4n) is 1.41. The second kappa shape index (κ2) is 5.55. The number of phenolic OH excluding ortho intramolecular Hbond substituents is 1. The second-order valence-electron chi connectivity index (χ2n) is 2.97. The summed E-state index contributed by atoms with van der Waals surface area (Å²) in [5, 5.41) is 12.5. The lowest BCUT2D eigenvalue weighted by Crippen LogP contribution is -1.99. The minimum absolute atomic E-state index is 0.0609. The van der Waals surface area contributed by atoms with Crippen molar-refractivity contribution < 1.29 is 9.90 Å². The van der Waals surface area contributed by atoms with Gasteiger partial charge in [0.2, 0.25) is 6.41 Å². The monoisotopic (exact) mass is 339 g/mol. The molecule has 5 heteroatoms. The third-order valence-corrected chi connectivity index (χ3v) is 3.38. The van der Waals surface area contributed by atoms with Gasteiger partial charge in [-0.05, 0) is 23.6 Å². The number of benzene rings is 1. The molecule has 3 nitrogen and oxygen atoms in total. The summed E-state index contributed by atoms with van der Waals surface area (Å²) < 4.78 is 0.786. The van der Waals surface area contributed by atoms with Gasteiger partial charge in [-0.25, -0.2) is 0 Å². The van der Waals surface area contributed by atoms with E-state index in [1.807, 2.05) is 6.92 Å². The fourth-order valence-corrected chi connectivity index (χ4v) is 2.44. The van der Waals surface area contributed by atoms with Crippen molar-refractivity contribution in [3.63, 3.8) is 0 Å². The number of aromatic hydroxyl groups is 1. The SMILES string of the molecule is CCc1c(CI)cc(NC=O)c(O)c1Cl. The molecule has 0 radical (unpaired) electrons. The zero-order valence-electron chi connectivity index (χ0n) is 8.18. The molecular formula is C10H11ClINO2. The highest BCUT2D eigenvalue weighted by Crippen LogP contribution is 2.37. The zero-order valence-corrected chi connectivity index (χ0v) is 11.1. The van der Waals surface area contributed by atoms with Crippen LogP contribution in [0.1, 0.15) is 18.1 Å². The fraction of sp³-hybridized carbons (Fsp3) is 0.300. The van der Waals surface area contributed by atoms with E-state index in [1.54, 1.807) is 6.07 Å². The van der Waals surface area contributed by atoms with E-state index in [0.717, 1.165) is 22.0 Å². The first kappa shape index (κ1) is 12.6. The van der Waals surface area contributed by atoms with Crippen LogP contribution >= 0.6 is 34.2 Å². The molecule has 0 fully saturated rings. The first-order chi connectivity index (χ1) is 7.15. The zero-order chi connectivity index (χ0) is 11.4. The molecular weight excluding hydrogens is 328 g/mol. The van der Waals surface area contributed by atoms with E-state index in [1.165, 1.54) is 0 Å². The molecule has 0 aliphatic carbocycles. The Bertz CT molecular complexity index is 382. The highest BCUT2D eigenvalue weighted by Gasteiger charge is 2.13. The van der Waals surface area contributed by atoms with Gasteiger partial charge in [-0.15, -0.1) is 0 Å². The number of amides is 1. The van der Waals surface area contributed by atoms with Gasteiger partial charge in [-0.2, -0.15) is 0 Å². The predicted octanol–water partition coefficient (Wildman–Crippen LogP) is 3.11. The van der Waals surface area contributed by atoms with Crippen LogP contribution in [-0.4, -0.2) is 11.5 Å². The summed E-state index contributed by atoms with van der Waals surface area (Å²) >= 11 is 8.23. The van der Waals surface area contributed by atoms with Crippen LogP contribution in [0.15, 0.2) is 6.07 Å². The molecule has 0 unspecified atom stereocenters. The molecule has 0 atom stereocenters. The highest BCUT2D eigenvalue weighted by molar-refractivity contribution is 14.1. The van der Waals surface area contributed by atoms with Crippen molar-refractivity contribution >= 4 is 46.3 Å².